The molecule has 9 heavy (non-hydrogen) atoms. The summed E-state index contributed by atoms with van der Waals surface area (Å²) in [5.41, 5.74) is 0. The summed E-state index contributed by atoms with van der Waals surface area (Å²) in [6.45, 7) is 1.91. The molecule has 0 fully saturated rings. The van der Waals surface area contributed by atoms with Crippen molar-refractivity contribution in [1.82, 2.24) is 5.17 Å². The van der Waals surface area contributed by atoms with Crippen molar-refractivity contribution < 1.29 is 14.4 Å². The fourth-order valence-corrected chi connectivity index (χ4v) is 0.255. The first-order valence-electron chi connectivity index (χ1n) is 2.39. The van der Waals surface area contributed by atoms with Gasteiger partial charge in [0.05, 0.1) is 6.61 Å². The third-order valence-corrected chi connectivity index (χ3v) is 0.586. The van der Waals surface area contributed by atoms with E-state index in [1.165, 1.54) is 0 Å². The fourth-order valence-electron chi connectivity index (χ4n) is 0.255. The second-order valence-electron chi connectivity index (χ2n) is 1.20. The van der Waals surface area contributed by atoms with E-state index in [0.717, 1.165) is 0 Å². The molecule has 5 heteroatoms. The average molecular weight is 132 g/mol. The number of hydrazine groups is 1. The minimum Gasteiger partial charge on any atom is -0.292 e. The molecular formula is C4H8N2O3. The van der Waals surface area contributed by atoms with Crippen LogP contribution in [0.3, 0.4) is 0 Å². The van der Waals surface area contributed by atoms with E-state index < -0.39 is 5.91 Å². The molecule has 0 aliphatic heterocycles. The van der Waals surface area contributed by atoms with Crippen LogP contribution in [0.25, 0.3) is 0 Å². The lowest BCUT2D eigenvalue weighted by Gasteiger charge is -2.09. The monoisotopic (exact) mass is 132 g/mol. The van der Waals surface area contributed by atoms with Gasteiger partial charge in [0.2, 0.25) is 6.29 Å². The van der Waals surface area contributed by atoms with Gasteiger partial charge in [-0.05, 0) is 6.92 Å². The number of nitrogens with two attached hydrogens (primary N) is 1. The van der Waals surface area contributed by atoms with Gasteiger partial charge in [0, 0.05) is 0 Å². The van der Waals surface area contributed by atoms with Gasteiger partial charge in [-0.3, -0.25) is 14.4 Å². The predicted octanol–water partition coefficient (Wildman–Crippen LogP) is -1.16. The van der Waals surface area contributed by atoms with Crippen molar-refractivity contribution in [2.24, 2.45) is 5.84 Å². The van der Waals surface area contributed by atoms with E-state index in [1.54, 1.807) is 6.92 Å². The van der Waals surface area contributed by atoms with Gasteiger partial charge in [0.1, 0.15) is 0 Å². The third kappa shape index (κ3) is 2.78. The Hall–Kier alpha value is -0.940. The maximum atomic E-state index is 10.2. The van der Waals surface area contributed by atoms with Gasteiger partial charge >= 0.3 is 5.91 Å². The van der Waals surface area contributed by atoms with Crippen LogP contribution < -0.4 is 5.84 Å². The molecule has 0 saturated heterocycles. The number of aldehydes is 1. The molecule has 0 rings (SSSR count). The van der Waals surface area contributed by atoms with Gasteiger partial charge in [-0.1, -0.05) is 0 Å². The highest BCUT2D eigenvalue weighted by Gasteiger charge is 2.05. The predicted molar refractivity (Wildman–Crippen MR) is 28.7 cm³/mol. The maximum absolute atomic E-state index is 10.2. The number of carbonyl (C=O) groups excluding carboxylic acids is 2. The Bertz CT molecular complexity index is 114. The highest BCUT2D eigenvalue weighted by Crippen LogP contribution is 1.77. The first kappa shape index (κ1) is 8.06. The van der Waals surface area contributed by atoms with Crippen molar-refractivity contribution in [3.8, 4) is 0 Å². The normalized spacial score (nSPS) is 8.67. The lowest BCUT2D eigenvalue weighted by atomic mass is 10.7. The van der Waals surface area contributed by atoms with Crippen LogP contribution in [0, 0.1) is 0 Å². The lowest BCUT2D eigenvalue weighted by Crippen LogP contribution is -2.37. The summed E-state index contributed by atoms with van der Waals surface area (Å²) >= 11 is 0. The molecule has 0 heterocycles. The van der Waals surface area contributed by atoms with Crippen LogP contribution >= 0.6 is 0 Å². The van der Waals surface area contributed by atoms with E-state index >= 15 is 0 Å². The highest BCUT2D eigenvalue weighted by atomic mass is 16.7. The van der Waals surface area contributed by atoms with Crippen LogP contribution in [-0.2, 0) is 14.4 Å². The van der Waals surface area contributed by atoms with Crippen LogP contribution in [0.1, 0.15) is 6.92 Å². The largest absolute Gasteiger partial charge is 0.325 e. The molecule has 2 N–H and O–H groups in total. The summed E-state index contributed by atoms with van der Waals surface area (Å²) in [4.78, 5) is 24.3. The van der Waals surface area contributed by atoms with Crippen molar-refractivity contribution in [3.05, 3.63) is 0 Å². The number of amides is 1. The molecule has 0 atom stereocenters. The minimum atomic E-state index is -0.892. The van der Waals surface area contributed by atoms with E-state index in [0.29, 0.717) is 5.17 Å². The van der Waals surface area contributed by atoms with E-state index in [4.69, 9.17) is 5.84 Å². The van der Waals surface area contributed by atoms with Crippen LogP contribution in [0.2, 0.25) is 0 Å². The number of carbonyl (C=O) groups is 2. The number of hydrogen-bond acceptors (Lipinski definition) is 4. The van der Waals surface area contributed by atoms with Crippen molar-refractivity contribution in [1.29, 1.82) is 0 Å². The van der Waals surface area contributed by atoms with E-state index in [9.17, 15) is 9.59 Å². The van der Waals surface area contributed by atoms with Gasteiger partial charge in [0.25, 0.3) is 0 Å². The van der Waals surface area contributed by atoms with Crippen molar-refractivity contribution in [2.75, 3.05) is 6.61 Å². The van der Waals surface area contributed by atoms with E-state index in [2.05, 4.69) is 4.84 Å². The van der Waals surface area contributed by atoms with Gasteiger partial charge in [0.15, 0.2) is 0 Å². The Morgan fingerprint density at radius 1 is 1.89 bits per heavy atom. The second-order valence-corrected chi connectivity index (χ2v) is 1.20. The van der Waals surface area contributed by atoms with Gasteiger partial charge in [-0.25, -0.2) is 5.84 Å². The first-order chi connectivity index (χ1) is 4.22. The number of nitrogens with zero attached hydrogens (tertiary/aromatic N) is 1. The first-order valence-corrected chi connectivity index (χ1v) is 2.39. The van der Waals surface area contributed by atoms with Gasteiger partial charge < -0.3 is 0 Å². The zero-order chi connectivity index (χ0) is 7.28. The third-order valence-electron chi connectivity index (χ3n) is 0.586. The van der Waals surface area contributed by atoms with Crippen molar-refractivity contribution in [2.45, 2.75) is 6.92 Å². The zero-order valence-electron chi connectivity index (χ0n) is 5.03. The molecule has 0 bridgehead atoms. The molecule has 5 nitrogen and oxygen atoms in total. The zero-order valence-corrected chi connectivity index (χ0v) is 5.03. The molecule has 0 aromatic carbocycles. The smallest absolute Gasteiger partial charge is 0.292 e. The number of rotatable bonds is 3. The molecule has 0 aliphatic carbocycles. The molecule has 0 saturated carbocycles. The summed E-state index contributed by atoms with van der Waals surface area (Å²) in [5.74, 6) is 3.98. The quantitative estimate of drug-likeness (QED) is 0.173. The fraction of sp³-hybridized carbons (Fsp3) is 0.500. The molecule has 0 spiro atoms. The Morgan fingerprint density at radius 2 is 2.44 bits per heavy atom. The number of hydroxylamine groups is 1. The number of hydrogen-bond donors (Lipinski definition) is 1. The van der Waals surface area contributed by atoms with Crippen LogP contribution in [0.5, 0.6) is 0 Å². The summed E-state index contributed by atoms with van der Waals surface area (Å²) in [5, 5.41) is 0.396. The van der Waals surface area contributed by atoms with E-state index in [-0.39, 0.29) is 12.9 Å². The van der Waals surface area contributed by atoms with Gasteiger partial charge in [-0.15, -0.1) is 5.17 Å². The lowest BCUT2D eigenvalue weighted by molar-refractivity contribution is -0.185. The summed E-state index contributed by atoms with van der Waals surface area (Å²) in [6, 6.07) is 0. The van der Waals surface area contributed by atoms with E-state index in [1.807, 2.05) is 0 Å². The molecule has 0 unspecified atom stereocenters. The topological polar surface area (TPSA) is 72.6 Å². The summed E-state index contributed by atoms with van der Waals surface area (Å²) in [6.07, 6.45) is 0.0790. The molecule has 1 amide bonds. The molecule has 0 aromatic rings. The van der Waals surface area contributed by atoms with Crippen LogP contribution in [-0.4, -0.2) is 24.0 Å². The molecule has 0 aliphatic rings. The van der Waals surface area contributed by atoms with Crippen molar-refractivity contribution >= 4 is 12.2 Å². The van der Waals surface area contributed by atoms with Gasteiger partial charge in [-0.2, -0.15) is 0 Å². The van der Waals surface area contributed by atoms with Crippen LogP contribution in [0.15, 0.2) is 0 Å². The summed E-state index contributed by atoms with van der Waals surface area (Å²) in [7, 11) is 0. The Labute approximate surface area is 52.3 Å². The average Bonchev–Trinajstić information content (AvgIpc) is 1.87. The maximum Gasteiger partial charge on any atom is 0.325 e. The van der Waals surface area contributed by atoms with Crippen molar-refractivity contribution in [3.63, 3.8) is 0 Å². The Balaban J connectivity index is 3.58. The van der Waals surface area contributed by atoms with Crippen LogP contribution in [0.4, 0.5) is 0 Å². The molecule has 52 valence electrons. The SMILES string of the molecule is CCON(N)C(=O)C=O. The standard InChI is InChI=1S/C4H8N2O3/c1-2-9-6(5)4(8)3-7/h3H,2,5H2,1H3. The highest BCUT2D eigenvalue weighted by molar-refractivity contribution is 6.22. The Kier molecular flexibility index (Phi) is 3.57. The summed E-state index contributed by atoms with van der Waals surface area (Å²) < 4.78 is 0. The Morgan fingerprint density at radius 3 is 2.78 bits per heavy atom. The molecule has 0 radical (unpaired) electrons. The minimum absolute atomic E-state index is 0.0790. The molecule has 0 aromatic heterocycles. The second kappa shape index (κ2) is 3.99. The molecular weight excluding hydrogens is 124 g/mol.